The molecule has 1 aromatic rings. The maximum atomic E-state index is 11.8. The average Bonchev–Trinajstić information content (AvgIpc) is 3.04. The van der Waals surface area contributed by atoms with E-state index in [1.165, 1.54) is 17.3 Å². The highest BCUT2D eigenvalue weighted by atomic mass is 16.4. The number of hydrogen-bond donors (Lipinski definition) is 2. The molecule has 1 atom stereocenters. The smallest absolute Gasteiger partial charge is 0.329 e. The Morgan fingerprint density at radius 3 is 2.78 bits per heavy atom. The Balaban J connectivity index is 1.87. The van der Waals surface area contributed by atoms with E-state index in [4.69, 9.17) is 0 Å². The van der Waals surface area contributed by atoms with Crippen molar-refractivity contribution in [3.63, 3.8) is 0 Å². The number of carbonyl (C=O) groups excluding carboxylic acids is 1. The van der Waals surface area contributed by atoms with Crippen LogP contribution in [0.25, 0.3) is 0 Å². The molecule has 0 saturated heterocycles. The summed E-state index contributed by atoms with van der Waals surface area (Å²) < 4.78 is 1.54. The van der Waals surface area contributed by atoms with Crippen molar-refractivity contribution < 1.29 is 14.7 Å². The molecule has 2 N–H and O–H groups in total. The molecular formula is C11H16N4O3. The fraction of sp³-hybridized carbons (Fsp3) is 0.636. The van der Waals surface area contributed by atoms with E-state index < -0.39 is 11.5 Å². The lowest BCUT2D eigenvalue weighted by molar-refractivity contribution is -0.148. The van der Waals surface area contributed by atoms with Crippen molar-refractivity contribution in [3.05, 3.63) is 12.7 Å². The molecule has 0 aromatic carbocycles. The molecule has 0 aliphatic heterocycles. The normalized spacial score (nSPS) is 18.1. The Bertz CT molecular complexity index is 441. The van der Waals surface area contributed by atoms with Gasteiger partial charge in [-0.2, -0.15) is 5.10 Å². The number of hydrogen-bond acceptors (Lipinski definition) is 4. The van der Waals surface area contributed by atoms with E-state index in [9.17, 15) is 14.7 Å². The predicted octanol–water partition coefficient (Wildman–Crippen LogP) is 0.0377. The van der Waals surface area contributed by atoms with Crippen LogP contribution in [0.5, 0.6) is 0 Å². The number of aromatic nitrogens is 3. The summed E-state index contributed by atoms with van der Waals surface area (Å²) in [5, 5.41) is 15.7. The van der Waals surface area contributed by atoms with E-state index in [0.717, 1.165) is 12.8 Å². The van der Waals surface area contributed by atoms with Gasteiger partial charge >= 0.3 is 5.97 Å². The lowest BCUT2D eigenvalue weighted by Gasteiger charge is -2.26. The van der Waals surface area contributed by atoms with E-state index in [1.807, 2.05) is 0 Å². The molecule has 0 spiro atoms. The number of rotatable bonds is 6. The van der Waals surface area contributed by atoms with Crippen molar-refractivity contribution in [2.75, 3.05) is 0 Å². The first-order valence-corrected chi connectivity index (χ1v) is 5.89. The highest BCUT2D eigenvalue weighted by molar-refractivity contribution is 5.87. The Hall–Kier alpha value is -1.92. The van der Waals surface area contributed by atoms with E-state index in [0.29, 0.717) is 6.54 Å². The molecule has 1 fully saturated rings. The van der Waals surface area contributed by atoms with E-state index in [-0.39, 0.29) is 18.2 Å². The standard InChI is InChI=1S/C11H16N4O3/c1-11(10(17)18,8-2-3-8)14-9(16)4-5-15-7-12-6-13-15/h6-8H,2-5H2,1H3,(H,14,16)(H,17,18). The van der Waals surface area contributed by atoms with Gasteiger partial charge in [-0.05, 0) is 25.7 Å². The number of carbonyl (C=O) groups is 2. The molecule has 18 heavy (non-hydrogen) atoms. The van der Waals surface area contributed by atoms with Crippen LogP contribution in [-0.2, 0) is 16.1 Å². The maximum absolute atomic E-state index is 11.8. The second-order valence-corrected chi connectivity index (χ2v) is 4.74. The van der Waals surface area contributed by atoms with Crippen molar-refractivity contribution in [2.24, 2.45) is 5.92 Å². The maximum Gasteiger partial charge on any atom is 0.329 e. The van der Waals surface area contributed by atoms with Crippen LogP contribution in [0.15, 0.2) is 12.7 Å². The Morgan fingerprint density at radius 2 is 2.28 bits per heavy atom. The molecule has 7 heteroatoms. The first-order valence-electron chi connectivity index (χ1n) is 5.89. The summed E-state index contributed by atoms with van der Waals surface area (Å²) in [6.45, 7) is 1.96. The highest BCUT2D eigenvalue weighted by Gasteiger charge is 2.48. The zero-order valence-corrected chi connectivity index (χ0v) is 10.2. The Morgan fingerprint density at radius 1 is 1.56 bits per heavy atom. The third-order valence-corrected chi connectivity index (χ3v) is 3.27. The monoisotopic (exact) mass is 252 g/mol. The van der Waals surface area contributed by atoms with Gasteiger partial charge in [0, 0.05) is 6.42 Å². The molecule has 1 amide bonds. The summed E-state index contributed by atoms with van der Waals surface area (Å²) in [5.41, 5.74) is -1.14. The topological polar surface area (TPSA) is 97.1 Å². The molecule has 1 aliphatic rings. The average molecular weight is 252 g/mol. The van der Waals surface area contributed by atoms with Crippen molar-refractivity contribution in [3.8, 4) is 0 Å². The second-order valence-electron chi connectivity index (χ2n) is 4.74. The number of amides is 1. The van der Waals surface area contributed by atoms with Gasteiger partial charge in [-0.3, -0.25) is 9.48 Å². The van der Waals surface area contributed by atoms with Gasteiger partial charge in [-0.15, -0.1) is 0 Å². The SMILES string of the molecule is CC(NC(=O)CCn1cncn1)(C(=O)O)C1CC1. The van der Waals surface area contributed by atoms with Gasteiger partial charge in [-0.25, -0.2) is 9.78 Å². The van der Waals surface area contributed by atoms with Gasteiger partial charge in [0.25, 0.3) is 0 Å². The first-order chi connectivity index (χ1) is 8.52. The minimum Gasteiger partial charge on any atom is -0.480 e. The number of nitrogens with one attached hydrogen (secondary N) is 1. The molecular weight excluding hydrogens is 236 g/mol. The third-order valence-electron chi connectivity index (χ3n) is 3.27. The molecule has 1 saturated carbocycles. The quantitative estimate of drug-likeness (QED) is 0.745. The van der Waals surface area contributed by atoms with Crippen LogP contribution in [0.3, 0.4) is 0 Å². The van der Waals surface area contributed by atoms with Crippen molar-refractivity contribution >= 4 is 11.9 Å². The van der Waals surface area contributed by atoms with Crippen molar-refractivity contribution in [1.29, 1.82) is 0 Å². The van der Waals surface area contributed by atoms with Crippen LogP contribution in [-0.4, -0.2) is 37.3 Å². The lowest BCUT2D eigenvalue weighted by Crippen LogP contribution is -2.54. The second kappa shape index (κ2) is 4.75. The number of aliphatic carboxylic acids is 1. The third kappa shape index (κ3) is 2.66. The lowest BCUT2D eigenvalue weighted by atomic mass is 9.96. The molecule has 1 unspecified atom stereocenters. The number of nitrogens with zero attached hydrogens (tertiary/aromatic N) is 3. The molecule has 0 radical (unpaired) electrons. The van der Waals surface area contributed by atoms with Gasteiger partial charge in [0.05, 0.1) is 6.54 Å². The molecule has 0 bridgehead atoms. The van der Waals surface area contributed by atoms with Gasteiger partial charge in [0.2, 0.25) is 5.91 Å². The Kier molecular flexibility index (Phi) is 3.31. The van der Waals surface area contributed by atoms with Gasteiger partial charge in [0.15, 0.2) is 0 Å². The van der Waals surface area contributed by atoms with E-state index in [2.05, 4.69) is 15.4 Å². The summed E-state index contributed by atoms with van der Waals surface area (Å²) >= 11 is 0. The highest BCUT2D eigenvalue weighted by Crippen LogP contribution is 2.39. The van der Waals surface area contributed by atoms with E-state index >= 15 is 0 Å². The molecule has 1 aromatic heterocycles. The van der Waals surface area contributed by atoms with Crippen molar-refractivity contribution in [1.82, 2.24) is 20.1 Å². The minimum absolute atomic E-state index is 0.0466. The van der Waals surface area contributed by atoms with Gasteiger partial charge in [0.1, 0.15) is 18.2 Å². The number of carboxylic acids is 1. The number of carboxylic acid groups (broad SMARTS) is 1. The van der Waals surface area contributed by atoms with Crippen LogP contribution in [0.4, 0.5) is 0 Å². The zero-order valence-electron chi connectivity index (χ0n) is 10.2. The minimum atomic E-state index is -1.14. The van der Waals surface area contributed by atoms with E-state index in [1.54, 1.807) is 6.92 Å². The molecule has 7 nitrogen and oxygen atoms in total. The molecule has 1 aliphatic carbocycles. The molecule has 2 rings (SSSR count). The molecule has 1 heterocycles. The van der Waals surface area contributed by atoms with Crippen LogP contribution >= 0.6 is 0 Å². The van der Waals surface area contributed by atoms with Gasteiger partial charge < -0.3 is 10.4 Å². The van der Waals surface area contributed by atoms with Crippen LogP contribution in [0.2, 0.25) is 0 Å². The molecule has 98 valence electrons. The van der Waals surface area contributed by atoms with Crippen LogP contribution in [0, 0.1) is 5.92 Å². The summed E-state index contributed by atoms with van der Waals surface area (Å²) in [6, 6.07) is 0. The fourth-order valence-corrected chi connectivity index (χ4v) is 1.91. The zero-order chi connectivity index (χ0) is 13.2. The van der Waals surface area contributed by atoms with Crippen LogP contribution in [0.1, 0.15) is 26.2 Å². The summed E-state index contributed by atoms with van der Waals surface area (Å²) in [5.74, 6) is -1.20. The largest absolute Gasteiger partial charge is 0.480 e. The van der Waals surface area contributed by atoms with Crippen molar-refractivity contribution in [2.45, 2.75) is 38.3 Å². The fourth-order valence-electron chi connectivity index (χ4n) is 1.91. The summed E-state index contributed by atoms with van der Waals surface area (Å²) in [6.07, 6.45) is 4.81. The van der Waals surface area contributed by atoms with Gasteiger partial charge in [-0.1, -0.05) is 0 Å². The summed E-state index contributed by atoms with van der Waals surface area (Å²) in [4.78, 5) is 26.8. The Labute approximate surface area is 104 Å². The number of aryl methyl sites for hydroxylation is 1. The van der Waals surface area contributed by atoms with Crippen LogP contribution < -0.4 is 5.32 Å². The predicted molar refractivity (Wildman–Crippen MR) is 61.5 cm³/mol. The summed E-state index contributed by atoms with van der Waals surface area (Å²) in [7, 11) is 0. The first kappa shape index (κ1) is 12.5.